The van der Waals surface area contributed by atoms with Crippen LogP contribution in [0, 0.1) is 0 Å². The van der Waals surface area contributed by atoms with Crippen LogP contribution in [0.3, 0.4) is 0 Å². The molecule has 7 heteroatoms. The molecule has 1 aromatic heterocycles. The van der Waals surface area contributed by atoms with Crippen LogP contribution in [0.15, 0.2) is 42.6 Å². The van der Waals surface area contributed by atoms with Gasteiger partial charge >= 0.3 is 0 Å². The van der Waals surface area contributed by atoms with E-state index in [1.165, 1.54) is 0 Å². The van der Waals surface area contributed by atoms with Crippen LogP contribution in [0.5, 0.6) is 5.75 Å². The van der Waals surface area contributed by atoms with E-state index in [-0.39, 0.29) is 0 Å². The molecule has 0 spiro atoms. The van der Waals surface area contributed by atoms with Gasteiger partial charge in [-0.25, -0.2) is 0 Å². The van der Waals surface area contributed by atoms with Gasteiger partial charge in [-0.05, 0) is 29.8 Å². The van der Waals surface area contributed by atoms with Crippen molar-refractivity contribution in [2.24, 2.45) is 0 Å². The van der Waals surface area contributed by atoms with Crippen LogP contribution in [0.1, 0.15) is 11.3 Å². The number of hydrogen-bond acceptors (Lipinski definition) is 7. The Morgan fingerprint density at radius 3 is 2.79 bits per heavy atom. The zero-order valence-electron chi connectivity index (χ0n) is 17.1. The van der Waals surface area contributed by atoms with E-state index in [1.54, 1.807) is 13.3 Å². The number of ether oxygens (including phenoxy) is 4. The van der Waals surface area contributed by atoms with Gasteiger partial charge < -0.3 is 24.3 Å². The summed E-state index contributed by atoms with van der Waals surface area (Å²) in [6.45, 7) is 7.66. The van der Waals surface area contributed by atoms with Gasteiger partial charge in [0, 0.05) is 38.1 Å². The lowest BCUT2D eigenvalue weighted by Crippen LogP contribution is -2.38. The fraction of sp³-hybridized carbons (Fsp3) is 0.500. The zero-order chi connectivity index (χ0) is 20.2. The number of benzene rings is 1. The standard InChI is InChI=1S/C22H31N3O4/c1-26-22-4-2-3-19(15-22)17-24-20-5-6-23-21(16-20)18-29-14-13-28-12-9-25-7-10-27-11-8-25/h2-6,15-16H,7-14,17-18H2,1H3,(H,23,24). The number of hydrogen-bond donors (Lipinski definition) is 1. The van der Waals surface area contributed by atoms with Gasteiger partial charge in [0.1, 0.15) is 5.75 Å². The predicted octanol–water partition coefficient (Wildman–Crippen LogP) is 2.57. The first-order chi connectivity index (χ1) is 14.3. The van der Waals surface area contributed by atoms with Crippen molar-refractivity contribution < 1.29 is 18.9 Å². The largest absolute Gasteiger partial charge is 0.497 e. The van der Waals surface area contributed by atoms with Crippen LogP contribution in [0.25, 0.3) is 0 Å². The van der Waals surface area contributed by atoms with Gasteiger partial charge in [-0.1, -0.05) is 12.1 Å². The second-order valence-electron chi connectivity index (χ2n) is 6.86. The van der Waals surface area contributed by atoms with Gasteiger partial charge in [0.25, 0.3) is 0 Å². The quantitative estimate of drug-likeness (QED) is 0.548. The molecule has 1 aliphatic rings. The maximum Gasteiger partial charge on any atom is 0.119 e. The highest BCUT2D eigenvalue weighted by Crippen LogP contribution is 2.15. The molecule has 1 saturated heterocycles. The first-order valence-electron chi connectivity index (χ1n) is 10.1. The van der Waals surface area contributed by atoms with Gasteiger partial charge in [0.05, 0.1) is 52.4 Å². The van der Waals surface area contributed by atoms with E-state index < -0.39 is 0 Å². The van der Waals surface area contributed by atoms with Gasteiger partial charge in [-0.15, -0.1) is 0 Å². The third-order valence-electron chi connectivity index (χ3n) is 4.72. The minimum absolute atomic E-state index is 0.474. The van der Waals surface area contributed by atoms with Crippen molar-refractivity contribution in [3.05, 3.63) is 53.9 Å². The van der Waals surface area contributed by atoms with E-state index in [0.29, 0.717) is 19.8 Å². The van der Waals surface area contributed by atoms with Gasteiger partial charge in [-0.2, -0.15) is 0 Å². The molecule has 0 bridgehead atoms. The molecular formula is C22H31N3O4. The van der Waals surface area contributed by atoms with Gasteiger partial charge in [0.2, 0.25) is 0 Å². The number of methoxy groups -OCH3 is 1. The number of morpholine rings is 1. The summed E-state index contributed by atoms with van der Waals surface area (Å²) in [7, 11) is 1.68. The number of aromatic nitrogens is 1. The third-order valence-corrected chi connectivity index (χ3v) is 4.72. The Bertz CT molecular complexity index is 723. The summed E-state index contributed by atoms with van der Waals surface area (Å²) in [5.74, 6) is 0.861. The molecule has 0 aliphatic carbocycles. The Hall–Kier alpha value is -2.19. The fourth-order valence-corrected chi connectivity index (χ4v) is 3.07. The Morgan fingerprint density at radius 2 is 1.93 bits per heavy atom. The molecule has 0 unspecified atom stereocenters. The normalized spacial score (nSPS) is 14.7. The van der Waals surface area contributed by atoms with Crippen molar-refractivity contribution in [3.63, 3.8) is 0 Å². The topological polar surface area (TPSA) is 65.1 Å². The maximum absolute atomic E-state index is 5.69. The lowest BCUT2D eigenvalue weighted by Gasteiger charge is -2.26. The number of nitrogens with one attached hydrogen (secondary N) is 1. The minimum atomic E-state index is 0.474. The number of pyridine rings is 1. The lowest BCUT2D eigenvalue weighted by atomic mass is 10.2. The highest BCUT2D eigenvalue weighted by molar-refractivity contribution is 5.44. The molecule has 0 amide bonds. The van der Waals surface area contributed by atoms with Crippen molar-refractivity contribution >= 4 is 5.69 Å². The predicted molar refractivity (Wildman–Crippen MR) is 112 cm³/mol. The molecule has 29 heavy (non-hydrogen) atoms. The van der Waals surface area contributed by atoms with E-state index in [4.69, 9.17) is 18.9 Å². The van der Waals surface area contributed by atoms with Crippen LogP contribution in [-0.2, 0) is 27.4 Å². The van der Waals surface area contributed by atoms with Crippen LogP contribution in [0.4, 0.5) is 5.69 Å². The second kappa shape index (κ2) is 12.4. The van der Waals surface area contributed by atoms with Crippen LogP contribution in [0.2, 0.25) is 0 Å². The number of anilines is 1. The van der Waals surface area contributed by atoms with E-state index in [1.807, 2.05) is 30.3 Å². The average Bonchev–Trinajstić information content (AvgIpc) is 2.78. The van der Waals surface area contributed by atoms with Gasteiger partial charge in [0.15, 0.2) is 0 Å². The van der Waals surface area contributed by atoms with Crippen molar-refractivity contribution in [2.45, 2.75) is 13.2 Å². The molecule has 0 radical (unpaired) electrons. The van der Waals surface area contributed by atoms with E-state index in [0.717, 1.165) is 68.7 Å². The molecule has 0 saturated carbocycles. The molecule has 158 valence electrons. The molecule has 1 fully saturated rings. The summed E-state index contributed by atoms with van der Waals surface area (Å²) in [5.41, 5.74) is 3.07. The lowest BCUT2D eigenvalue weighted by molar-refractivity contribution is 0.00554. The Morgan fingerprint density at radius 1 is 1.07 bits per heavy atom. The van der Waals surface area contributed by atoms with Gasteiger partial charge in [-0.3, -0.25) is 9.88 Å². The van der Waals surface area contributed by atoms with E-state index >= 15 is 0 Å². The SMILES string of the molecule is COc1cccc(CNc2ccnc(COCCOCCN3CCOCC3)c2)c1. The first-order valence-corrected chi connectivity index (χ1v) is 10.1. The monoisotopic (exact) mass is 401 g/mol. The molecule has 1 aromatic carbocycles. The van der Waals surface area contributed by atoms with Crippen LogP contribution >= 0.6 is 0 Å². The summed E-state index contributed by atoms with van der Waals surface area (Å²) in [4.78, 5) is 6.73. The fourth-order valence-electron chi connectivity index (χ4n) is 3.07. The maximum atomic E-state index is 5.69. The summed E-state index contributed by atoms with van der Waals surface area (Å²) >= 11 is 0. The summed E-state index contributed by atoms with van der Waals surface area (Å²) in [5, 5.41) is 3.41. The summed E-state index contributed by atoms with van der Waals surface area (Å²) < 4.78 is 22.0. The molecule has 0 atom stereocenters. The summed E-state index contributed by atoms with van der Waals surface area (Å²) in [6, 6.07) is 12.0. The minimum Gasteiger partial charge on any atom is -0.497 e. The number of nitrogens with zero attached hydrogens (tertiary/aromatic N) is 2. The molecule has 2 aromatic rings. The Balaban J connectivity index is 1.30. The zero-order valence-corrected chi connectivity index (χ0v) is 17.1. The molecule has 1 N–H and O–H groups in total. The van der Waals surface area contributed by atoms with Crippen LogP contribution in [-0.4, -0.2) is 69.7 Å². The van der Waals surface area contributed by atoms with E-state index in [9.17, 15) is 0 Å². The average molecular weight is 402 g/mol. The second-order valence-corrected chi connectivity index (χ2v) is 6.86. The first kappa shape index (κ1) is 21.5. The van der Waals surface area contributed by atoms with Crippen molar-refractivity contribution in [2.75, 3.05) is 65.1 Å². The van der Waals surface area contributed by atoms with Crippen molar-refractivity contribution in [3.8, 4) is 5.75 Å². The Kier molecular flexibility index (Phi) is 9.19. The highest BCUT2D eigenvalue weighted by atomic mass is 16.5. The molecule has 3 rings (SSSR count). The third kappa shape index (κ3) is 7.98. The van der Waals surface area contributed by atoms with E-state index in [2.05, 4.69) is 21.3 Å². The smallest absolute Gasteiger partial charge is 0.119 e. The molecular weight excluding hydrogens is 370 g/mol. The molecule has 2 heterocycles. The Labute approximate surface area is 172 Å². The molecule has 7 nitrogen and oxygen atoms in total. The molecule has 1 aliphatic heterocycles. The van der Waals surface area contributed by atoms with Crippen LogP contribution < -0.4 is 10.1 Å². The summed E-state index contributed by atoms with van der Waals surface area (Å²) in [6.07, 6.45) is 1.80. The highest BCUT2D eigenvalue weighted by Gasteiger charge is 2.09. The van der Waals surface area contributed by atoms with Crippen molar-refractivity contribution in [1.29, 1.82) is 0 Å². The number of rotatable bonds is 12. The van der Waals surface area contributed by atoms with Crippen molar-refractivity contribution in [1.82, 2.24) is 9.88 Å².